The molecule has 0 saturated heterocycles. The SMILES string of the molecule is CCCN(CC(C)(C)CN)C(=O)c1ccc(C)c(C)c1. The summed E-state index contributed by atoms with van der Waals surface area (Å²) in [6.07, 6.45) is 0.956. The van der Waals surface area contributed by atoms with Crippen molar-refractivity contribution in [3.05, 3.63) is 34.9 Å². The van der Waals surface area contributed by atoms with E-state index in [1.54, 1.807) is 0 Å². The van der Waals surface area contributed by atoms with Gasteiger partial charge in [0.15, 0.2) is 0 Å². The van der Waals surface area contributed by atoms with Crippen LogP contribution in [0.3, 0.4) is 0 Å². The van der Waals surface area contributed by atoms with Gasteiger partial charge in [0.05, 0.1) is 0 Å². The van der Waals surface area contributed by atoms with Crippen LogP contribution in [0.4, 0.5) is 0 Å². The van der Waals surface area contributed by atoms with E-state index in [0.717, 1.165) is 24.1 Å². The third-order valence-electron chi connectivity index (χ3n) is 3.71. The molecule has 3 nitrogen and oxygen atoms in total. The summed E-state index contributed by atoms with van der Waals surface area (Å²) in [4.78, 5) is 14.6. The van der Waals surface area contributed by atoms with Crippen LogP contribution >= 0.6 is 0 Å². The van der Waals surface area contributed by atoms with E-state index in [-0.39, 0.29) is 11.3 Å². The molecule has 0 fully saturated rings. The molecule has 0 heterocycles. The van der Waals surface area contributed by atoms with E-state index in [4.69, 9.17) is 5.73 Å². The molecule has 20 heavy (non-hydrogen) atoms. The molecule has 0 radical (unpaired) electrons. The van der Waals surface area contributed by atoms with E-state index in [0.29, 0.717) is 13.1 Å². The number of carbonyl (C=O) groups excluding carboxylic acids is 1. The predicted molar refractivity (Wildman–Crippen MR) is 84.9 cm³/mol. The number of nitrogens with zero attached hydrogens (tertiary/aromatic N) is 1. The standard InChI is InChI=1S/C17H28N2O/c1-6-9-19(12-17(4,5)11-18)16(20)15-8-7-13(2)14(3)10-15/h7-8,10H,6,9,11-12,18H2,1-5H3. The van der Waals surface area contributed by atoms with E-state index in [9.17, 15) is 4.79 Å². The highest BCUT2D eigenvalue weighted by Crippen LogP contribution is 2.18. The molecular formula is C17H28N2O. The molecule has 2 N–H and O–H groups in total. The van der Waals surface area contributed by atoms with Crippen LogP contribution in [0.15, 0.2) is 18.2 Å². The molecule has 0 bridgehead atoms. The summed E-state index contributed by atoms with van der Waals surface area (Å²) >= 11 is 0. The summed E-state index contributed by atoms with van der Waals surface area (Å²) in [5.41, 5.74) is 8.89. The van der Waals surface area contributed by atoms with E-state index in [2.05, 4.69) is 27.7 Å². The highest BCUT2D eigenvalue weighted by Gasteiger charge is 2.24. The molecule has 0 aliphatic heterocycles. The lowest BCUT2D eigenvalue weighted by atomic mass is 9.92. The Morgan fingerprint density at radius 2 is 1.90 bits per heavy atom. The summed E-state index contributed by atoms with van der Waals surface area (Å²) in [5, 5.41) is 0. The lowest BCUT2D eigenvalue weighted by Gasteiger charge is -2.32. The van der Waals surface area contributed by atoms with E-state index >= 15 is 0 Å². The van der Waals surface area contributed by atoms with Crippen LogP contribution in [-0.4, -0.2) is 30.4 Å². The predicted octanol–water partition coefficient (Wildman–Crippen LogP) is 3.14. The van der Waals surface area contributed by atoms with Crippen LogP contribution in [0.25, 0.3) is 0 Å². The van der Waals surface area contributed by atoms with Gasteiger partial charge in [-0.1, -0.05) is 26.8 Å². The number of carbonyl (C=O) groups is 1. The van der Waals surface area contributed by atoms with Crippen molar-refractivity contribution < 1.29 is 4.79 Å². The van der Waals surface area contributed by atoms with Gasteiger partial charge < -0.3 is 10.6 Å². The fourth-order valence-corrected chi connectivity index (χ4v) is 2.16. The van der Waals surface area contributed by atoms with Gasteiger partial charge in [0.2, 0.25) is 0 Å². The Kier molecular flexibility index (Phi) is 5.75. The van der Waals surface area contributed by atoms with Gasteiger partial charge in [-0.2, -0.15) is 0 Å². The molecule has 0 unspecified atom stereocenters. The molecule has 0 aromatic heterocycles. The summed E-state index contributed by atoms with van der Waals surface area (Å²) in [6.45, 7) is 12.4. The number of benzene rings is 1. The largest absolute Gasteiger partial charge is 0.338 e. The maximum absolute atomic E-state index is 12.7. The zero-order valence-corrected chi connectivity index (χ0v) is 13.5. The average Bonchev–Trinajstić information content (AvgIpc) is 2.40. The van der Waals surface area contributed by atoms with Crippen molar-refractivity contribution in [2.24, 2.45) is 11.1 Å². The van der Waals surface area contributed by atoms with Crippen LogP contribution in [-0.2, 0) is 0 Å². The van der Waals surface area contributed by atoms with Gasteiger partial charge in [0, 0.05) is 18.7 Å². The lowest BCUT2D eigenvalue weighted by Crippen LogP contribution is -2.42. The zero-order valence-electron chi connectivity index (χ0n) is 13.5. The fourth-order valence-electron chi connectivity index (χ4n) is 2.16. The summed E-state index contributed by atoms with van der Waals surface area (Å²) in [6, 6.07) is 5.92. The maximum Gasteiger partial charge on any atom is 0.253 e. The number of rotatable bonds is 6. The van der Waals surface area contributed by atoms with Crippen molar-refractivity contribution in [2.75, 3.05) is 19.6 Å². The molecule has 1 rings (SSSR count). The number of aryl methyl sites for hydroxylation is 2. The number of hydrogen-bond acceptors (Lipinski definition) is 2. The van der Waals surface area contributed by atoms with E-state index in [1.807, 2.05) is 30.0 Å². The first kappa shape index (κ1) is 16.7. The van der Waals surface area contributed by atoms with Crippen molar-refractivity contribution >= 4 is 5.91 Å². The Morgan fingerprint density at radius 1 is 1.25 bits per heavy atom. The van der Waals surface area contributed by atoms with Crippen molar-refractivity contribution in [1.82, 2.24) is 4.90 Å². The first-order valence-electron chi connectivity index (χ1n) is 7.37. The number of nitrogens with two attached hydrogens (primary N) is 1. The van der Waals surface area contributed by atoms with E-state index < -0.39 is 0 Å². The molecule has 0 aliphatic carbocycles. The zero-order chi connectivity index (χ0) is 15.3. The molecule has 0 spiro atoms. The Morgan fingerprint density at radius 3 is 2.40 bits per heavy atom. The minimum Gasteiger partial charge on any atom is -0.338 e. The second kappa shape index (κ2) is 6.89. The Bertz CT molecular complexity index is 466. The molecule has 0 aliphatic rings. The van der Waals surface area contributed by atoms with Crippen molar-refractivity contribution in [2.45, 2.75) is 41.0 Å². The summed E-state index contributed by atoms with van der Waals surface area (Å²) < 4.78 is 0. The maximum atomic E-state index is 12.7. The van der Waals surface area contributed by atoms with Gasteiger partial charge in [-0.05, 0) is 55.5 Å². The van der Waals surface area contributed by atoms with Crippen molar-refractivity contribution in [1.29, 1.82) is 0 Å². The van der Waals surface area contributed by atoms with Gasteiger partial charge >= 0.3 is 0 Å². The average molecular weight is 276 g/mol. The van der Waals surface area contributed by atoms with Crippen LogP contribution in [0, 0.1) is 19.3 Å². The van der Waals surface area contributed by atoms with Gasteiger partial charge in [0.1, 0.15) is 0 Å². The van der Waals surface area contributed by atoms with Gasteiger partial charge in [0.25, 0.3) is 5.91 Å². The summed E-state index contributed by atoms with van der Waals surface area (Å²) in [5.74, 6) is 0.108. The smallest absolute Gasteiger partial charge is 0.253 e. The monoisotopic (exact) mass is 276 g/mol. The van der Waals surface area contributed by atoms with Crippen molar-refractivity contribution in [3.8, 4) is 0 Å². The number of amides is 1. The van der Waals surface area contributed by atoms with Crippen molar-refractivity contribution in [3.63, 3.8) is 0 Å². The molecule has 1 aromatic rings. The lowest BCUT2D eigenvalue weighted by molar-refractivity contribution is 0.0689. The highest BCUT2D eigenvalue weighted by atomic mass is 16.2. The molecule has 0 saturated carbocycles. The minimum atomic E-state index is -0.0510. The summed E-state index contributed by atoms with van der Waals surface area (Å²) in [7, 11) is 0. The normalized spacial score (nSPS) is 11.5. The van der Waals surface area contributed by atoms with Crippen LogP contribution < -0.4 is 5.73 Å². The van der Waals surface area contributed by atoms with E-state index in [1.165, 1.54) is 5.56 Å². The van der Waals surface area contributed by atoms with Gasteiger partial charge in [-0.3, -0.25) is 4.79 Å². The Hall–Kier alpha value is -1.35. The second-order valence-electron chi connectivity index (χ2n) is 6.39. The fraction of sp³-hybridized carbons (Fsp3) is 0.588. The molecule has 1 aromatic carbocycles. The topological polar surface area (TPSA) is 46.3 Å². The third-order valence-corrected chi connectivity index (χ3v) is 3.71. The first-order chi connectivity index (χ1) is 9.30. The van der Waals surface area contributed by atoms with Crippen LogP contribution in [0.2, 0.25) is 0 Å². The number of hydrogen-bond donors (Lipinski definition) is 1. The van der Waals surface area contributed by atoms with Crippen LogP contribution in [0.5, 0.6) is 0 Å². The highest BCUT2D eigenvalue weighted by molar-refractivity contribution is 5.94. The Balaban J connectivity index is 2.96. The molecule has 0 atom stereocenters. The molecule has 112 valence electrons. The minimum absolute atomic E-state index is 0.0510. The van der Waals surface area contributed by atoms with Gasteiger partial charge in [-0.15, -0.1) is 0 Å². The molecular weight excluding hydrogens is 248 g/mol. The first-order valence-corrected chi connectivity index (χ1v) is 7.37. The quantitative estimate of drug-likeness (QED) is 0.867. The molecule has 1 amide bonds. The second-order valence-corrected chi connectivity index (χ2v) is 6.39. The van der Waals surface area contributed by atoms with Crippen LogP contribution in [0.1, 0.15) is 48.7 Å². The van der Waals surface area contributed by atoms with Gasteiger partial charge in [-0.25, -0.2) is 0 Å². The molecule has 3 heteroatoms. The third kappa shape index (κ3) is 4.34. The Labute approximate surface area is 123 Å².